The van der Waals surface area contributed by atoms with E-state index in [1.807, 2.05) is 48.5 Å². The molecule has 0 aliphatic rings. The summed E-state index contributed by atoms with van der Waals surface area (Å²) in [6, 6.07) is 15.7. The zero-order valence-electron chi connectivity index (χ0n) is 23.0. The molecular weight excluding hydrogens is 476 g/mol. The van der Waals surface area contributed by atoms with E-state index in [-0.39, 0.29) is 4.90 Å². The molecule has 0 aliphatic carbocycles. The summed E-state index contributed by atoms with van der Waals surface area (Å²) in [5, 5.41) is 3.51. The Labute approximate surface area is 225 Å². The van der Waals surface area contributed by atoms with Crippen molar-refractivity contribution in [3.8, 4) is 0 Å². The molecule has 3 aromatic carbocycles. The van der Waals surface area contributed by atoms with Crippen molar-refractivity contribution in [2.24, 2.45) is 0 Å². The third-order valence-corrected chi connectivity index (χ3v) is 8.72. The molecule has 0 bridgehead atoms. The predicted octanol–water partition coefficient (Wildman–Crippen LogP) is 10.4. The van der Waals surface area contributed by atoms with Gasteiger partial charge in [-0.15, -0.1) is 0 Å². The highest BCUT2D eigenvalue weighted by Gasteiger charge is 2.19. The molecule has 0 aliphatic heterocycles. The fraction of sp³-hybridized carbons (Fsp3) is 0.576. The molecule has 3 aromatic rings. The van der Waals surface area contributed by atoms with E-state index < -0.39 is 10.1 Å². The standard InChI is InChI=1S/C33H48O3S/c1-2-3-4-5-6-7-8-9-10-11-12-13-14-15-16-17-18-21-28-24-25-31-26-29-22-19-20-23-30(29)27-32(31)33(28)37(34,35)36/h19-20,22-27H,2-18,21H2,1H3,(H,34,35,36). The van der Waals surface area contributed by atoms with Crippen molar-refractivity contribution < 1.29 is 13.0 Å². The average Bonchev–Trinajstić information content (AvgIpc) is 2.88. The highest BCUT2D eigenvalue weighted by atomic mass is 32.2. The van der Waals surface area contributed by atoms with E-state index in [2.05, 4.69) is 6.92 Å². The Balaban J connectivity index is 1.32. The Morgan fingerprint density at radius 2 is 1.03 bits per heavy atom. The first kappa shape index (κ1) is 29.6. The minimum atomic E-state index is -4.30. The number of rotatable bonds is 19. The van der Waals surface area contributed by atoms with Gasteiger partial charge < -0.3 is 0 Å². The van der Waals surface area contributed by atoms with Gasteiger partial charge in [-0.2, -0.15) is 8.42 Å². The summed E-state index contributed by atoms with van der Waals surface area (Å²) in [6.45, 7) is 2.28. The van der Waals surface area contributed by atoms with Gasteiger partial charge in [0.25, 0.3) is 10.1 Å². The van der Waals surface area contributed by atoms with Crippen LogP contribution < -0.4 is 0 Å². The van der Waals surface area contributed by atoms with Crippen LogP contribution in [0.5, 0.6) is 0 Å². The molecule has 0 amide bonds. The summed E-state index contributed by atoms with van der Waals surface area (Å²) in [4.78, 5) is 0.0900. The van der Waals surface area contributed by atoms with E-state index in [1.165, 1.54) is 96.3 Å². The highest BCUT2D eigenvalue weighted by Crippen LogP contribution is 2.31. The molecule has 204 valence electrons. The number of hydrogen-bond acceptors (Lipinski definition) is 2. The van der Waals surface area contributed by atoms with Crippen molar-refractivity contribution in [2.75, 3.05) is 0 Å². The van der Waals surface area contributed by atoms with E-state index in [4.69, 9.17) is 0 Å². The molecule has 0 saturated carbocycles. The van der Waals surface area contributed by atoms with Gasteiger partial charge in [0.2, 0.25) is 0 Å². The van der Waals surface area contributed by atoms with Gasteiger partial charge in [-0.1, -0.05) is 146 Å². The molecule has 0 heterocycles. The van der Waals surface area contributed by atoms with Crippen molar-refractivity contribution in [2.45, 2.75) is 127 Å². The van der Waals surface area contributed by atoms with Crippen molar-refractivity contribution in [1.82, 2.24) is 0 Å². The Morgan fingerprint density at radius 1 is 0.568 bits per heavy atom. The van der Waals surface area contributed by atoms with Crippen LogP contribution in [0.25, 0.3) is 21.5 Å². The first-order valence-electron chi connectivity index (χ1n) is 14.9. The molecule has 3 rings (SSSR count). The quantitative estimate of drug-likeness (QED) is 0.0963. The summed E-state index contributed by atoms with van der Waals surface area (Å²) >= 11 is 0. The van der Waals surface area contributed by atoms with Crippen molar-refractivity contribution in [3.63, 3.8) is 0 Å². The van der Waals surface area contributed by atoms with E-state index >= 15 is 0 Å². The molecule has 0 atom stereocenters. The molecular formula is C33H48O3S. The smallest absolute Gasteiger partial charge is 0.282 e. The largest absolute Gasteiger partial charge is 0.295 e. The molecule has 3 nitrogen and oxygen atoms in total. The van der Waals surface area contributed by atoms with Gasteiger partial charge in [0.15, 0.2) is 0 Å². The molecule has 0 aromatic heterocycles. The summed E-state index contributed by atoms with van der Waals surface area (Å²) in [6.07, 6.45) is 23.2. The number of aryl methyl sites for hydroxylation is 1. The van der Waals surface area contributed by atoms with Crippen LogP contribution in [0.15, 0.2) is 53.4 Å². The van der Waals surface area contributed by atoms with E-state index in [0.717, 1.165) is 34.6 Å². The Morgan fingerprint density at radius 3 is 1.51 bits per heavy atom. The number of benzene rings is 3. The Hall–Kier alpha value is -1.91. The van der Waals surface area contributed by atoms with Crippen LogP contribution >= 0.6 is 0 Å². The molecule has 1 N–H and O–H groups in total. The van der Waals surface area contributed by atoms with Gasteiger partial charge in [-0.25, -0.2) is 0 Å². The third-order valence-electron chi connectivity index (χ3n) is 7.73. The highest BCUT2D eigenvalue weighted by molar-refractivity contribution is 7.86. The summed E-state index contributed by atoms with van der Waals surface area (Å²) < 4.78 is 34.7. The first-order chi connectivity index (χ1) is 18.0. The fourth-order valence-electron chi connectivity index (χ4n) is 5.57. The SMILES string of the molecule is CCCCCCCCCCCCCCCCCCCc1ccc2cc3ccccc3cc2c1S(=O)(=O)O. The van der Waals surface area contributed by atoms with Gasteiger partial charge >= 0.3 is 0 Å². The summed E-state index contributed by atoms with van der Waals surface area (Å²) in [7, 11) is -4.30. The Kier molecular flexibility index (Phi) is 12.9. The van der Waals surface area contributed by atoms with Crippen LogP contribution in [0.2, 0.25) is 0 Å². The second kappa shape index (κ2) is 16.1. The number of unbranched alkanes of at least 4 members (excludes halogenated alkanes) is 16. The molecule has 0 fully saturated rings. The van der Waals surface area contributed by atoms with Crippen LogP contribution in [0.3, 0.4) is 0 Å². The second-order valence-electron chi connectivity index (χ2n) is 10.9. The van der Waals surface area contributed by atoms with Crippen molar-refractivity contribution >= 4 is 31.7 Å². The molecule has 0 saturated heterocycles. The fourth-order valence-corrected chi connectivity index (χ4v) is 6.53. The zero-order valence-corrected chi connectivity index (χ0v) is 23.8. The van der Waals surface area contributed by atoms with Crippen LogP contribution in [0.4, 0.5) is 0 Å². The van der Waals surface area contributed by atoms with Gasteiger partial charge in [-0.05, 0) is 46.7 Å². The molecule has 0 spiro atoms. The topological polar surface area (TPSA) is 54.4 Å². The van der Waals surface area contributed by atoms with Crippen LogP contribution in [-0.2, 0) is 16.5 Å². The van der Waals surface area contributed by atoms with Gasteiger partial charge in [0.05, 0.1) is 0 Å². The average molecular weight is 525 g/mol. The van der Waals surface area contributed by atoms with Crippen molar-refractivity contribution in [1.29, 1.82) is 0 Å². The number of hydrogen-bond donors (Lipinski definition) is 1. The summed E-state index contributed by atoms with van der Waals surface area (Å²) in [5.74, 6) is 0. The van der Waals surface area contributed by atoms with E-state index in [9.17, 15) is 13.0 Å². The lowest BCUT2D eigenvalue weighted by Crippen LogP contribution is -2.05. The minimum Gasteiger partial charge on any atom is -0.282 e. The second-order valence-corrected chi connectivity index (χ2v) is 12.2. The lowest BCUT2D eigenvalue weighted by molar-refractivity contribution is 0.482. The van der Waals surface area contributed by atoms with E-state index in [0.29, 0.717) is 11.8 Å². The van der Waals surface area contributed by atoms with Crippen LogP contribution in [0.1, 0.15) is 122 Å². The third kappa shape index (κ3) is 10.1. The lowest BCUT2D eigenvalue weighted by Gasteiger charge is -2.12. The molecule has 4 heteroatoms. The maximum absolute atomic E-state index is 12.3. The maximum atomic E-state index is 12.3. The molecule has 37 heavy (non-hydrogen) atoms. The maximum Gasteiger partial charge on any atom is 0.295 e. The molecule has 0 unspecified atom stereocenters. The zero-order chi connectivity index (χ0) is 26.3. The minimum absolute atomic E-state index is 0.0900. The monoisotopic (exact) mass is 524 g/mol. The number of fused-ring (bicyclic) bond motifs is 2. The van der Waals surface area contributed by atoms with Gasteiger partial charge in [0, 0.05) is 5.39 Å². The molecule has 0 radical (unpaired) electrons. The lowest BCUT2D eigenvalue weighted by atomic mass is 9.98. The van der Waals surface area contributed by atoms with Gasteiger partial charge in [0.1, 0.15) is 4.90 Å². The normalized spacial score (nSPS) is 12.1. The van der Waals surface area contributed by atoms with Crippen molar-refractivity contribution in [3.05, 3.63) is 54.1 Å². The predicted molar refractivity (Wildman–Crippen MR) is 159 cm³/mol. The first-order valence-corrected chi connectivity index (χ1v) is 16.4. The Bertz CT molecular complexity index is 1180. The van der Waals surface area contributed by atoms with Crippen LogP contribution in [0, 0.1) is 0 Å². The van der Waals surface area contributed by atoms with Crippen LogP contribution in [-0.4, -0.2) is 13.0 Å². The summed E-state index contributed by atoms with van der Waals surface area (Å²) in [5.41, 5.74) is 0.728. The van der Waals surface area contributed by atoms with E-state index in [1.54, 1.807) is 0 Å². The van der Waals surface area contributed by atoms with Gasteiger partial charge in [-0.3, -0.25) is 4.55 Å².